The minimum absolute atomic E-state index is 0.301. The monoisotopic (exact) mass is 213 g/mol. The number of hydrogen-bond donors (Lipinski definition) is 2. The quantitative estimate of drug-likeness (QED) is 0.711. The lowest BCUT2D eigenvalue weighted by molar-refractivity contribution is 0.223. The highest BCUT2D eigenvalue weighted by Crippen LogP contribution is 2.27. The molecule has 0 aromatic rings. The topological polar surface area (TPSA) is 32.3 Å². The van der Waals surface area contributed by atoms with Crippen molar-refractivity contribution in [1.29, 1.82) is 0 Å². The van der Waals surface area contributed by atoms with Crippen molar-refractivity contribution in [2.75, 3.05) is 6.61 Å². The molecule has 0 radical (unpaired) electrons. The molecule has 0 saturated heterocycles. The number of nitrogens with one attached hydrogen (secondary N) is 1. The van der Waals surface area contributed by atoms with Gasteiger partial charge in [-0.25, -0.2) is 0 Å². The van der Waals surface area contributed by atoms with Crippen LogP contribution in [0.15, 0.2) is 0 Å². The largest absolute Gasteiger partial charge is 0.396 e. The van der Waals surface area contributed by atoms with E-state index in [0.29, 0.717) is 18.7 Å². The van der Waals surface area contributed by atoms with Crippen LogP contribution in [0.25, 0.3) is 0 Å². The fourth-order valence-electron chi connectivity index (χ4n) is 2.77. The van der Waals surface area contributed by atoms with Gasteiger partial charge in [0.25, 0.3) is 0 Å². The summed E-state index contributed by atoms with van der Waals surface area (Å²) in [6.45, 7) is 4.76. The second-order valence-corrected chi connectivity index (χ2v) is 4.99. The Kier molecular flexibility index (Phi) is 6.26. The van der Waals surface area contributed by atoms with Gasteiger partial charge in [0, 0.05) is 18.7 Å². The lowest BCUT2D eigenvalue weighted by Crippen LogP contribution is -2.42. The average Bonchev–Trinajstić information content (AvgIpc) is 2.27. The van der Waals surface area contributed by atoms with Crippen LogP contribution < -0.4 is 5.32 Å². The Bertz CT molecular complexity index is 155. The van der Waals surface area contributed by atoms with Crippen LogP contribution in [0.4, 0.5) is 0 Å². The van der Waals surface area contributed by atoms with Crippen LogP contribution in [-0.4, -0.2) is 23.8 Å². The predicted molar refractivity (Wildman–Crippen MR) is 65.0 cm³/mol. The zero-order valence-electron chi connectivity index (χ0n) is 10.3. The van der Waals surface area contributed by atoms with E-state index in [-0.39, 0.29) is 0 Å². The summed E-state index contributed by atoms with van der Waals surface area (Å²) < 4.78 is 0. The second-order valence-electron chi connectivity index (χ2n) is 4.99. The van der Waals surface area contributed by atoms with Gasteiger partial charge in [-0.15, -0.1) is 0 Å². The van der Waals surface area contributed by atoms with Crippen molar-refractivity contribution < 1.29 is 5.11 Å². The number of aliphatic hydroxyl groups is 1. The zero-order chi connectivity index (χ0) is 11.1. The van der Waals surface area contributed by atoms with Crippen LogP contribution in [0.5, 0.6) is 0 Å². The maximum atomic E-state index is 8.89. The summed E-state index contributed by atoms with van der Waals surface area (Å²) in [7, 11) is 0. The summed E-state index contributed by atoms with van der Waals surface area (Å²) in [5, 5.41) is 12.6. The SMILES string of the molecule is CCC(NC(C)CCO)C1CCCCC1. The van der Waals surface area contributed by atoms with E-state index in [1.807, 2.05) is 0 Å². The molecular weight excluding hydrogens is 186 g/mol. The fourth-order valence-corrected chi connectivity index (χ4v) is 2.77. The highest BCUT2D eigenvalue weighted by Gasteiger charge is 2.22. The van der Waals surface area contributed by atoms with Gasteiger partial charge in [0.2, 0.25) is 0 Å². The van der Waals surface area contributed by atoms with E-state index in [4.69, 9.17) is 5.11 Å². The van der Waals surface area contributed by atoms with Crippen LogP contribution >= 0.6 is 0 Å². The van der Waals surface area contributed by atoms with Gasteiger partial charge in [-0.2, -0.15) is 0 Å². The molecule has 0 amide bonds. The van der Waals surface area contributed by atoms with Crippen molar-refractivity contribution in [2.24, 2.45) is 5.92 Å². The third-order valence-corrected chi connectivity index (χ3v) is 3.72. The van der Waals surface area contributed by atoms with E-state index in [0.717, 1.165) is 12.3 Å². The van der Waals surface area contributed by atoms with E-state index in [1.165, 1.54) is 38.5 Å². The lowest BCUT2D eigenvalue weighted by atomic mass is 9.82. The third-order valence-electron chi connectivity index (χ3n) is 3.72. The fraction of sp³-hybridized carbons (Fsp3) is 1.00. The van der Waals surface area contributed by atoms with E-state index in [1.54, 1.807) is 0 Å². The van der Waals surface area contributed by atoms with E-state index in [2.05, 4.69) is 19.2 Å². The molecule has 2 nitrogen and oxygen atoms in total. The normalized spacial score (nSPS) is 22.6. The minimum Gasteiger partial charge on any atom is -0.396 e. The van der Waals surface area contributed by atoms with Gasteiger partial charge in [0.05, 0.1) is 0 Å². The molecule has 2 heteroatoms. The van der Waals surface area contributed by atoms with Gasteiger partial charge in [0.15, 0.2) is 0 Å². The van der Waals surface area contributed by atoms with Gasteiger partial charge in [-0.1, -0.05) is 26.2 Å². The van der Waals surface area contributed by atoms with Crippen molar-refractivity contribution in [3.05, 3.63) is 0 Å². The summed E-state index contributed by atoms with van der Waals surface area (Å²) >= 11 is 0. The van der Waals surface area contributed by atoms with Crippen molar-refractivity contribution in [1.82, 2.24) is 5.32 Å². The zero-order valence-corrected chi connectivity index (χ0v) is 10.3. The molecule has 0 bridgehead atoms. The van der Waals surface area contributed by atoms with Crippen molar-refractivity contribution in [3.63, 3.8) is 0 Å². The third kappa shape index (κ3) is 4.52. The maximum absolute atomic E-state index is 8.89. The molecule has 90 valence electrons. The van der Waals surface area contributed by atoms with Gasteiger partial charge < -0.3 is 10.4 Å². The first kappa shape index (κ1) is 13.0. The molecule has 0 aromatic heterocycles. The highest BCUT2D eigenvalue weighted by molar-refractivity contribution is 4.80. The Hall–Kier alpha value is -0.0800. The van der Waals surface area contributed by atoms with Crippen LogP contribution in [0.1, 0.15) is 58.8 Å². The molecule has 1 aliphatic rings. The Morgan fingerprint density at radius 3 is 2.47 bits per heavy atom. The molecule has 15 heavy (non-hydrogen) atoms. The standard InChI is InChI=1S/C13H27NO/c1-3-13(14-11(2)9-10-15)12-7-5-4-6-8-12/h11-15H,3-10H2,1-2H3. The Morgan fingerprint density at radius 2 is 1.93 bits per heavy atom. The van der Waals surface area contributed by atoms with Crippen LogP contribution in [0.2, 0.25) is 0 Å². The van der Waals surface area contributed by atoms with Crippen LogP contribution in [0, 0.1) is 5.92 Å². The molecule has 0 aliphatic heterocycles. The van der Waals surface area contributed by atoms with Crippen molar-refractivity contribution in [2.45, 2.75) is 70.9 Å². The summed E-state index contributed by atoms with van der Waals surface area (Å²) in [5.41, 5.74) is 0. The molecule has 1 rings (SSSR count). The summed E-state index contributed by atoms with van der Waals surface area (Å²) in [6.07, 6.45) is 9.16. The number of hydrogen-bond acceptors (Lipinski definition) is 2. The molecule has 0 heterocycles. The summed E-state index contributed by atoms with van der Waals surface area (Å²) in [5.74, 6) is 0.880. The van der Waals surface area contributed by atoms with E-state index >= 15 is 0 Å². The predicted octanol–water partition coefficient (Wildman–Crippen LogP) is 2.71. The van der Waals surface area contributed by atoms with Crippen molar-refractivity contribution >= 4 is 0 Å². The molecule has 0 aromatic carbocycles. The Balaban J connectivity index is 2.32. The summed E-state index contributed by atoms with van der Waals surface area (Å²) in [6, 6.07) is 1.13. The smallest absolute Gasteiger partial charge is 0.0445 e. The summed E-state index contributed by atoms with van der Waals surface area (Å²) in [4.78, 5) is 0. The maximum Gasteiger partial charge on any atom is 0.0445 e. The molecule has 1 saturated carbocycles. The molecular formula is C13H27NO. The van der Waals surface area contributed by atoms with E-state index < -0.39 is 0 Å². The highest BCUT2D eigenvalue weighted by atomic mass is 16.3. The van der Waals surface area contributed by atoms with Gasteiger partial charge in [-0.05, 0) is 38.5 Å². The van der Waals surface area contributed by atoms with Crippen molar-refractivity contribution in [3.8, 4) is 0 Å². The number of rotatable bonds is 6. The average molecular weight is 213 g/mol. The first-order valence-corrected chi connectivity index (χ1v) is 6.64. The van der Waals surface area contributed by atoms with Crippen LogP contribution in [-0.2, 0) is 0 Å². The van der Waals surface area contributed by atoms with Crippen LogP contribution in [0.3, 0.4) is 0 Å². The molecule has 2 N–H and O–H groups in total. The molecule has 2 unspecified atom stereocenters. The minimum atomic E-state index is 0.301. The van der Waals surface area contributed by atoms with E-state index in [9.17, 15) is 0 Å². The molecule has 0 spiro atoms. The second kappa shape index (κ2) is 7.24. The first-order chi connectivity index (χ1) is 7.27. The van der Waals surface area contributed by atoms with Gasteiger partial charge in [-0.3, -0.25) is 0 Å². The van der Waals surface area contributed by atoms with Gasteiger partial charge >= 0.3 is 0 Å². The molecule has 1 fully saturated rings. The molecule has 1 aliphatic carbocycles. The Morgan fingerprint density at radius 1 is 1.27 bits per heavy atom. The van der Waals surface area contributed by atoms with Gasteiger partial charge in [0.1, 0.15) is 0 Å². The molecule has 2 atom stereocenters. The first-order valence-electron chi connectivity index (χ1n) is 6.64. The Labute approximate surface area is 94.5 Å². The lowest BCUT2D eigenvalue weighted by Gasteiger charge is -2.32. The number of aliphatic hydroxyl groups excluding tert-OH is 1.